The minimum Gasteiger partial charge on any atom is -0.358 e. The molecule has 1 aliphatic carbocycles. The summed E-state index contributed by atoms with van der Waals surface area (Å²) in [5.74, 6) is 2.42. The number of hydrogen-bond acceptors (Lipinski definition) is 3. The highest BCUT2D eigenvalue weighted by atomic mass is 35.5. The lowest BCUT2D eigenvalue weighted by Gasteiger charge is -2.22. The Bertz CT molecular complexity index is 890. The van der Waals surface area contributed by atoms with Gasteiger partial charge in [-0.3, -0.25) is 4.79 Å². The first-order chi connectivity index (χ1) is 14.5. The SMILES string of the molecule is CC1C(CSC(=S)N2CCCC2)CCC1C(=O)c1ccc(-c2ccc(Cl)cc2)cc1. The molecule has 0 amide bonds. The molecule has 1 saturated carbocycles. The van der Waals surface area contributed by atoms with Gasteiger partial charge in [-0.2, -0.15) is 0 Å². The van der Waals surface area contributed by atoms with Crippen LogP contribution in [-0.4, -0.2) is 33.8 Å². The number of rotatable bonds is 5. The van der Waals surface area contributed by atoms with Crippen LogP contribution in [0.3, 0.4) is 0 Å². The van der Waals surface area contributed by atoms with Crippen molar-refractivity contribution in [1.82, 2.24) is 4.90 Å². The Labute approximate surface area is 194 Å². The Morgan fingerprint density at radius 2 is 1.63 bits per heavy atom. The van der Waals surface area contributed by atoms with Crippen LogP contribution in [-0.2, 0) is 0 Å². The van der Waals surface area contributed by atoms with Crippen LogP contribution in [0.25, 0.3) is 11.1 Å². The van der Waals surface area contributed by atoms with Gasteiger partial charge in [0.05, 0.1) is 0 Å². The Morgan fingerprint density at radius 1 is 1.03 bits per heavy atom. The molecule has 3 atom stereocenters. The van der Waals surface area contributed by atoms with E-state index in [0.717, 1.165) is 57.7 Å². The minimum absolute atomic E-state index is 0.123. The summed E-state index contributed by atoms with van der Waals surface area (Å²) < 4.78 is 1.05. The third-order valence-electron chi connectivity index (χ3n) is 6.70. The summed E-state index contributed by atoms with van der Waals surface area (Å²) in [6.45, 7) is 4.47. The molecule has 0 radical (unpaired) electrons. The summed E-state index contributed by atoms with van der Waals surface area (Å²) in [7, 11) is 0. The number of thiocarbonyl (C=S) groups is 1. The van der Waals surface area contributed by atoms with E-state index in [9.17, 15) is 4.79 Å². The predicted molar refractivity (Wildman–Crippen MR) is 132 cm³/mol. The number of Topliss-reactive ketones (excluding diaryl/α,β-unsaturated/α-hetero) is 1. The largest absolute Gasteiger partial charge is 0.358 e. The van der Waals surface area contributed by atoms with Crippen LogP contribution in [0.15, 0.2) is 48.5 Å². The Morgan fingerprint density at radius 3 is 2.27 bits per heavy atom. The minimum atomic E-state index is 0.123. The average molecular weight is 458 g/mol. The molecule has 2 aromatic carbocycles. The van der Waals surface area contributed by atoms with E-state index < -0.39 is 0 Å². The smallest absolute Gasteiger partial charge is 0.166 e. The molecule has 0 spiro atoms. The van der Waals surface area contributed by atoms with E-state index in [1.807, 2.05) is 60.3 Å². The van der Waals surface area contributed by atoms with Crippen molar-refractivity contribution in [3.05, 3.63) is 59.1 Å². The number of carbonyl (C=O) groups excluding carboxylic acids is 1. The number of nitrogens with zero attached hydrogens (tertiary/aromatic N) is 1. The van der Waals surface area contributed by atoms with Crippen molar-refractivity contribution >= 4 is 45.7 Å². The van der Waals surface area contributed by atoms with Crippen molar-refractivity contribution in [2.75, 3.05) is 18.8 Å². The second kappa shape index (κ2) is 9.84. The molecule has 2 fully saturated rings. The molecule has 30 heavy (non-hydrogen) atoms. The van der Waals surface area contributed by atoms with E-state index in [2.05, 4.69) is 11.8 Å². The number of benzene rings is 2. The molecule has 3 unspecified atom stereocenters. The van der Waals surface area contributed by atoms with Gasteiger partial charge in [-0.05, 0) is 60.8 Å². The van der Waals surface area contributed by atoms with Crippen LogP contribution in [0.2, 0.25) is 5.02 Å². The first-order valence-electron chi connectivity index (χ1n) is 10.8. The zero-order chi connectivity index (χ0) is 21.1. The van der Waals surface area contributed by atoms with Crippen LogP contribution >= 0.6 is 35.6 Å². The Balaban J connectivity index is 1.35. The number of ketones is 1. The molecular weight excluding hydrogens is 430 g/mol. The fourth-order valence-corrected chi connectivity index (χ4v) is 6.41. The molecule has 1 aliphatic heterocycles. The van der Waals surface area contributed by atoms with E-state index in [0.29, 0.717) is 17.6 Å². The topological polar surface area (TPSA) is 20.3 Å². The number of carbonyl (C=O) groups is 1. The zero-order valence-corrected chi connectivity index (χ0v) is 19.7. The molecule has 5 heteroatoms. The maximum absolute atomic E-state index is 13.2. The van der Waals surface area contributed by atoms with Crippen LogP contribution in [0.1, 0.15) is 43.0 Å². The molecule has 4 rings (SSSR count). The summed E-state index contributed by atoms with van der Waals surface area (Å²) in [6.07, 6.45) is 4.62. The maximum Gasteiger partial charge on any atom is 0.166 e. The number of thioether (sulfide) groups is 1. The molecule has 0 N–H and O–H groups in total. The van der Waals surface area contributed by atoms with Gasteiger partial charge in [0.25, 0.3) is 0 Å². The monoisotopic (exact) mass is 457 g/mol. The number of likely N-dealkylation sites (tertiary alicyclic amines) is 1. The van der Waals surface area contributed by atoms with E-state index in [1.54, 1.807) is 0 Å². The third-order valence-corrected chi connectivity index (χ3v) is 8.66. The normalized spacial score (nSPS) is 23.7. The molecule has 2 nitrogen and oxygen atoms in total. The summed E-state index contributed by atoms with van der Waals surface area (Å²) in [6, 6.07) is 15.8. The second-order valence-electron chi connectivity index (χ2n) is 8.52. The lowest BCUT2D eigenvalue weighted by molar-refractivity contribution is 0.0889. The third kappa shape index (κ3) is 4.92. The Kier molecular flexibility index (Phi) is 7.17. The quantitative estimate of drug-likeness (QED) is 0.356. The van der Waals surface area contributed by atoms with Gasteiger partial charge in [-0.1, -0.05) is 78.9 Å². The van der Waals surface area contributed by atoms with Crippen molar-refractivity contribution < 1.29 is 4.79 Å². The van der Waals surface area contributed by atoms with Gasteiger partial charge in [0, 0.05) is 35.3 Å². The standard InChI is InChI=1S/C25H28ClNOS2/c1-17-21(16-30-25(29)27-14-2-3-15-27)10-13-23(17)24(28)20-6-4-18(5-7-20)19-8-11-22(26)12-9-19/h4-9,11-12,17,21,23H,2-3,10,13-16H2,1H3. The van der Waals surface area contributed by atoms with Gasteiger partial charge >= 0.3 is 0 Å². The van der Waals surface area contributed by atoms with Gasteiger partial charge in [0.2, 0.25) is 0 Å². The van der Waals surface area contributed by atoms with Crippen molar-refractivity contribution in [1.29, 1.82) is 0 Å². The fraction of sp³-hybridized carbons (Fsp3) is 0.440. The van der Waals surface area contributed by atoms with Crippen molar-refractivity contribution in [2.45, 2.75) is 32.6 Å². The van der Waals surface area contributed by atoms with Crippen LogP contribution in [0.5, 0.6) is 0 Å². The highest BCUT2D eigenvalue weighted by Crippen LogP contribution is 2.41. The van der Waals surface area contributed by atoms with Gasteiger partial charge in [-0.15, -0.1) is 0 Å². The predicted octanol–water partition coefficient (Wildman–Crippen LogP) is 6.97. The molecule has 1 heterocycles. The fourth-order valence-electron chi connectivity index (χ4n) is 4.71. The second-order valence-corrected chi connectivity index (χ2v) is 10.6. The van der Waals surface area contributed by atoms with Crippen LogP contribution in [0, 0.1) is 17.8 Å². The molecular formula is C25H28ClNOS2. The van der Waals surface area contributed by atoms with Crippen LogP contribution in [0.4, 0.5) is 0 Å². The van der Waals surface area contributed by atoms with E-state index in [4.69, 9.17) is 23.8 Å². The molecule has 0 bridgehead atoms. The van der Waals surface area contributed by atoms with Gasteiger partial charge in [-0.25, -0.2) is 0 Å². The Hall–Kier alpha value is -1.36. The summed E-state index contributed by atoms with van der Waals surface area (Å²) in [5, 5.41) is 0.731. The van der Waals surface area contributed by atoms with Gasteiger partial charge in [0.15, 0.2) is 5.78 Å². The lowest BCUT2D eigenvalue weighted by Crippen LogP contribution is -2.25. The van der Waals surface area contributed by atoms with E-state index in [-0.39, 0.29) is 5.92 Å². The van der Waals surface area contributed by atoms with Crippen LogP contribution < -0.4 is 0 Å². The lowest BCUT2D eigenvalue weighted by atomic mass is 9.86. The molecule has 0 aromatic heterocycles. The van der Waals surface area contributed by atoms with Gasteiger partial charge in [0.1, 0.15) is 4.32 Å². The van der Waals surface area contributed by atoms with E-state index >= 15 is 0 Å². The highest BCUT2D eigenvalue weighted by molar-refractivity contribution is 8.22. The molecule has 2 aromatic rings. The van der Waals surface area contributed by atoms with Gasteiger partial charge < -0.3 is 4.90 Å². The zero-order valence-electron chi connectivity index (χ0n) is 17.4. The molecule has 158 valence electrons. The first kappa shape index (κ1) is 21.9. The summed E-state index contributed by atoms with van der Waals surface area (Å²) in [4.78, 5) is 15.5. The molecule has 1 saturated heterocycles. The van der Waals surface area contributed by atoms with E-state index in [1.165, 1.54) is 12.8 Å². The first-order valence-corrected chi connectivity index (χ1v) is 12.6. The highest BCUT2D eigenvalue weighted by Gasteiger charge is 2.37. The van der Waals surface area contributed by atoms with Crippen molar-refractivity contribution in [2.24, 2.45) is 17.8 Å². The number of halogens is 1. The van der Waals surface area contributed by atoms with Crippen molar-refractivity contribution in [3.8, 4) is 11.1 Å². The molecule has 2 aliphatic rings. The van der Waals surface area contributed by atoms with Crippen molar-refractivity contribution in [3.63, 3.8) is 0 Å². The summed E-state index contributed by atoms with van der Waals surface area (Å²) in [5.41, 5.74) is 3.04. The maximum atomic E-state index is 13.2. The summed E-state index contributed by atoms with van der Waals surface area (Å²) >= 11 is 13.4. The number of hydrogen-bond donors (Lipinski definition) is 0. The average Bonchev–Trinajstić information content (AvgIpc) is 3.43.